The van der Waals surface area contributed by atoms with Gasteiger partial charge in [-0.15, -0.1) is 0 Å². The van der Waals surface area contributed by atoms with Gasteiger partial charge in [0.25, 0.3) is 0 Å². The van der Waals surface area contributed by atoms with Crippen molar-refractivity contribution in [2.24, 2.45) is 58.0 Å². The van der Waals surface area contributed by atoms with Crippen molar-refractivity contribution in [2.75, 3.05) is 0 Å². The van der Waals surface area contributed by atoms with E-state index in [0.717, 1.165) is 48.3 Å². The molecule has 1 saturated heterocycles. The van der Waals surface area contributed by atoms with Gasteiger partial charge in [-0.3, -0.25) is 4.79 Å². The van der Waals surface area contributed by atoms with Crippen molar-refractivity contribution < 1.29 is 9.53 Å². The number of fused-ring (bicyclic) bond motifs is 4. The highest BCUT2D eigenvalue weighted by atomic mass is 16.6. The van der Waals surface area contributed by atoms with Crippen molar-refractivity contribution in [3.05, 3.63) is 0 Å². The topological polar surface area (TPSA) is 55.6 Å². The summed E-state index contributed by atoms with van der Waals surface area (Å²) in [6, 6.07) is 0. The van der Waals surface area contributed by atoms with Gasteiger partial charge in [0.1, 0.15) is 5.60 Å². The minimum Gasteiger partial charge on any atom is -0.370 e. The summed E-state index contributed by atoms with van der Waals surface area (Å²) in [4.78, 5) is 11.6. The molecule has 1 unspecified atom stereocenters. The highest BCUT2D eigenvalue weighted by Gasteiger charge is 2.76. The van der Waals surface area contributed by atoms with Gasteiger partial charge < -0.3 is 10.5 Å². The smallest absolute Gasteiger partial charge is 0.217 e. The number of carbonyl (C=O) groups excluding carboxylic acids is 1. The predicted octanol–water partition coefficient (Wildman–Crippen LogP) is 6.73. The van der Waals surface area contributed by atoms with Crippen LogP contribution in [0.2, 0.25) is 0 Å². The molecule has 0 aromatic heterocycles. The van der Waals surface area contributed by atoms with E-state index < -0.39 is 0 Å². The lowest BCUT2D eigenvalue weighted by Crippen LogP contribution is -2.58. The molecule has 3 nitrogen and oxygen atoms in total. The number of nitrogens with two attached hydrogens (primary N) is 1. The average molecular weight is 444 g/mol. The highest BCUT2D eigenvalue weighted by Crippen LogP contribution is 2.74. The lowest BCUT2D eigenvalue weighted by atomic mass is 9.43. The Labute approximate surface area is 197 Å². The van der Waals surface area contributed by atoms with Crippen LogP contribution < -0.4 is 5.73 Å². The molecule has 182 valence electrons. The Hall–Kier alpha value is -0.570. The SMILES string of the molecule is CC(C)CCC[C@@H](C)[C@H]1CC[C@H]2[C@@H]3C[C@@H]4OC45C[C@@H](CC(N)=O)CC[C@]5(C)[C@H]3CC[C@]12C. The summed E-state index contributed by atoms with van der Waals surface area (Å²) in [6.07, 6.45) is 15.7. The molecule has 0 aromatic carbocycles. The second-order valence-electron chi connectivity index (χ2n) is 13.8. The minimum absolute atomic E-state index is 0.0718. The van der Waals surface area contributed by atoms with Gasteiger partial charge in [-0.2, -0.15) is 0 Å². The van der Waals surface area contributed by atoms with Crippen LogP contribution in [0.4, 0.5) is 0 Å². The molecule has 1 spiro atoms. The van der Waals surface area contributed by atoms with Gasteiger partial charge in [-0.1, -0.05) is 53.9 Å². The normalized spacial score (nSPS) is 50.2. The van der Waals surface area contributed by atoms with Crippen molar-refractivity contribution in [3.63, 3.8) is 0 Å². The van der Waals surface area contributed by atoms with Gasteiger partial charge in [0.05, 0.1) is 6.10 Å². The third-order valence-electron chi connectivity index (χ3n) is 11.9. The van der Waals surface area contributed by atoms with E-state index in [-0.39, 0.29) is 11.5 Å². The van der Waals surface area contributed by atoms with E-state index in [4.69, 9.17) is 10.5 Å². The van der Waals surface area contributed by atoms with Gasteiger partial charge in [-0.05, 0) is 98.2 Å². The molecule has 4 aliphatic carbocycles. The largest absolute Gasteiger partial charge is 0.370 e. The monoisotopic (exact) mass is 443 g/mol. The summed E-state index contributed by atoms with van der Waals surface area (Å²) in [5.74, 6) is 5.54. The van der Waals surface area contributed by atoms with Crippen molar-refractivity contribution in [1.82, 2.24) is 0 Å². The van der Waals surface area contributed by atoms with Crippen molar-refractivity contribution in [2.45, 2.75) is 123 Å². The third-order valence-corrected chi connectivity index (χ3v) is 11.9. The van der Waals surface area contributed by atoms with Gasteiger partial charge in [0.2, 0.25) is 5.91 Å². The molecule has 5 rings (SSSR count). The van der Waals surface area contributed by atoms with E-state index in [1.54, 1.807) is 0 Å². The summed E-state index contributed by atoms with van der Waals surface area (Å²) >= 11 is 0. The summed E-state index contributed by atoms with van der Waals surface area (Å²) in [7, 11) is 0. The molecular weight excluding hydrogens is 394 g/mol. The molecule has 2 N–H and O–H groups in total. The lowest BCUT2D eigenvalue weighted by Gasteiger charge is -2.60. The number of hydrogen-bond donors (Lipinski definition) is 1. The molecule has 0 aromatic rings. The van der Waals surface area contributed by atoms with Crippen LogP contribution in [-0.2, 0) is 9.53 Å². The molecule has 1 heterocycles. The first-order valence-electron chi connectivity index (χ1n) is 14.1. The first kappa shape index (κ1) is 23.2. The van der Waals surface area contributed by atoms with E-state index in [9.17, 15) is 4.79 Å². The Morgan fingerprint density at radius 1 is 1.03 bits per heavy atom. The number of primary amides is 1. The molecule has 4 saturated carbocycles. The van der Waals surface area contributed by atoms with Crippen LogP contribution in [0.5, 0.6) is 0 Å². The second-order valence-corrected chi connectivity index (χ2v) is 13.8. The van der Waals surface area contributed by atoms with Crippen LogP contribution in [0.1, 0.15) is 112 Å². The molecule has 10 atom stereocenters. The number of ether oxygens (including phenoxy) is 1. The standard InChI is InChI=1S/C29H49NO2/c1-18(2)7-6-8-19(3)22-9-10-23-21-16-25-29(32-25)17-20(15-26(30)31)11-14-28(29,5)24(21)12-13-27(22,23)4/h18-25H,6-17H2,1-5H3,(H2,30,31)/t19-,20-,21+,22-,23+,24+,25+,27-,28-,29?/m1/s1. The van der Waals surface area contributed by atoms with Crippen LogP contribution in [0.3, 0.4) is 0 Å². The molecule has 5 aliphatic rings. The summed E-state index contributed by atoms with van der Waals surface area (Å²) in [6.45, 7) is 12.6. The maximum absolute atomic E-state index is 11.6. The summed E-state index contributed by atoms with van der Waals surface area (Å²) in [5, 5.41) is 0. The molecule has 32 heavy (non-hydrogen) atoms. The number of epoxide rings is 1. The molecule has 1 aliphatic heterocycles. The Kier molecular flexibility index (Phi) is 5.79. The number of rotatable bonds is 7. The lowest BCUT2D eigenvalue weighted by molar-refractivity contribution is -0.123. The van der Waals surface area contributed by atoms with Gasteiger partial charge in [0.15, 0.2) is 0 Å². The van der Waals surface area contributed by atoms with Crippen LogP contribution in [-0.4, -0.2) is 17.6 Å². The van der Waals surface area contributed by atoms with Crippen molar-refractivity contribution in [3.8, 4) is 0 Å². The number of carbonyl (C=O) groups is 1. The maximum Gasteiger partial charge on any atom is 0.217 e. The van der Waals surface area contributed by atoms with Crippen LogP contribution >= 0.6 is 0 Å². The Morgan fingerprint density at radius 3 is 2.53 bits per heavy atom. The zero-order valence-electron chi connectivity index (χ0n) is 21.5. The quantitative estimate of drug-likeness (QED) is 0.443. The first-order chi connectivity index (χ1) is 15.1. The van der Waals surface area contributed by atoms with Crippen LogP contribution in [0.25, 0.3) is 0 Å². The van der Waals surface area contributed by atoms with E-state index in [1.165, 1.54) is 57.8 Å². The van der Waals surface area contributed by atoms with Crippen molar-refractivity contribution >= 4 is 5.91 Å². The molecule has 1 amide bonds. The van der Waals surface area contributed by atoms with Gasteiger partial charge in [-0.25, -0.2) is 0 Å². The second kappa shape index (κ2) is 7.99. The van der Waals surface area contributed by atoms with Crippen LogP contribution in [0.15, 0.2) is 0 Å². The predicted molar refractivity (Wildman–Crippen MR) is 130 cm³/mol. The van der Waals surface area contributed by atoms with E-state index >= 15 is 0 Å². The molecule has 0 bridgehead atoms. The zero-order chi connectivity index (χ0) is 22.9. The third kappa shape index (κ3) is 3.42. The van der Waals surface area contributed by atoms with Crippen LogP contribution in [0, 0.1) is 52.3 Å². The molecule has 5 fully saturated rings. The van der Waals surface area contributed by atoms with E-state index in [2.05, 4.69) is 34.6 Å². The molecular formula is C29H49NO2. The molecule has 3 heteroatoms. The zero-order valence-corrected chi connectivity index (χ0v) is 21.5. The minimum atomic E-state index is -0.131. The summed E-state index contributed by atoms with van der Waals surface area (Å²) in [5.41, 5.74) is 6.50. The first-order valence-corrected chi connectivity index (χ1v) is 14.1. The fraction of sp³-hybridized carbons (Fsp3) is 0.966. The Balaban J connectivity index is 1.30. The Bertz CT molecular complexity index is 735. The van der Waals surface area contributed by atoms with Gasteiger partial charge in [0, 0.05) is 11.8 Å². The maximum atomic E-state index is 11.6. The summed E-state index contributed by atoms with van der Waals surface area (Å²) < 4.78 is 6.66. The van der Waals surface area contributed by atoms with E-state index in [0.29, 0.717) is 29.3 Å². The van der Waals surface area contributed by atoms with Crippen molar-refractivity contribution in [1.29, 1.82) is 0 Å². The molecule has 0 radical (unpaired) electrons. The fourth-order valence-corrected chi connectivity index (χ4v) is 10.3. The Morgan fingerprint density at radius 2 is 1.81 bits per heavy atom. The van der Waals surface area contributed by atoms with E-state index in [1.807, 2.05) is 0 Å². The number of amides is 1. The highest BCUT2D eigenvalue weighted by molar-refractivity contribution is 5.74. The number of hydrogen-bond acceptors (Lipinski definition) is 2. The van der Waals surface area contributed by atoms with Gasteiger partial charge >= 0.3 is 0 Å². The fourth-order valence-electron chi connectivity index (χ4n) is 10.3. The average Bonchev–Trinajstić information content (AvgIpc) is 3.28.